The Hall–Kier alpha value is -2.74. The summed E-state index contributed by atoms with van der Waals surface area (Å²) in [4.78, 5) is 26.8. The summed E-state index contributed by atoms with van der Waals surface area (Å²) in [6.07, 6.45) is 5.90. The quantitative estimate of drug-likeness (QED) is 0.489. The van der Waals surface area contributed by atoms with E-state index in [4.69, 9.17) is 12.2 Å². The van der Waals surface area contributed by atoms with Crippen molar-refractivity contribution in [2.75, 3.05) is 13.2 Å². The maximum Gasteiger partial charge on any atom is 0.266 e. The number of allylic oxidation sites excluding steroid dienone is 2. The van der Waals surface area contributed by atoms with Crippen molar-refractivity contribution in [1.29, 1.82) is 0 Å². The van der Waals surface area contributed by atoms with Gasteiger partial charge in [-0.2, -0.15) is 0 Å². The van der Waals surface area contributed by atoms with E-state index in [-0.39, 0.29) is 25.0 Å². The molecule has 2 amide bonds. The van der Waals surface area contributed by atoms with Gasteiger partial charge in [0.25, 0.3) is 5.91 Å². The molecule has 1 aliphatic heterocycles. The van der Waals surface area contributed by atoms with Crippen molar-refractivity contribution in [3.8, 4) is 0 Å². The fraction of sp³-hybridized carbons (Fsp3) is 0.174. The van der Waals surface area contributed by atoms with Gasteiger partial charge in [-0.3, -0.25) is 14.5 Å². The molecule has 2 aromatic rings. The van der Waals surface area contributed by atoms with Crippen molar-refractivity contribution in [3.05, 3.63) is 88.8 Å². The van der Waals surface area contributed by atoms with Gasteiger partial charge in [0.15, 0.2) is 0 Å². The summed E-state index contributed by atoms with van der Waals surface area (Å²) in [6.45, 7) is -0.362. The Morgan fingerprint density at radius 2 is 1.80 bits per heavy atom. The minimum atomic E-state index is -0.428. The van der Waals surface area contributed by atoms with Crippen LogP contribution in [0.25, 0.3) is 6.08 Å². The van der Waals surface area contributed by atoms with E-state index < -0.39 is 6.04 Å². The van der Waals surface area contributed by atoms with Gasteiger partial charge in [-0.15, -0.1) is 0 Å². The first kappa shape index (κ1) is 22.0. The Labute approximate surface area is 185 Å². The molecule has 1 fully saturated rings. The van der Waals surface area contributed by atoms with Crippen LogP contribution < -0.4 is 5.32 Å². The Kier molecular flexibility index (Phi) is 7.96. The van der Waals surface area contributed by atoms with Crippen LogP contribution in [-0.4, -0.2) is 45.3 Å². The van der Waals surface area contributed by atoms with Crippen molar-refractivity contribution < 1.29 is 14.7 Å². The van der Waals surface area contributed by atoms with E-state index in [1.165, 1.54) is 16.7 Å². The maximum atomic E-state index is 12.6. The lowest BCUT2D eigenvalue weighted by molar-refractivity contribution is -0.129. The SMILES string of the molecule is O=C(CN1C(=O)/C(=C/C=C/c2ccccc2)SC1=S)NC(CO)Cc1ccccc1. The van der Waals surface area contributed by atoms with Gasteiger partial charge >= 0.3 is 0 Å². The van der Waals surface area contributed by atoms with Crippen LogP contribution in [0.5, 0.6) is 0 Å². The van der Waals surface area contributed by atoms with Crippen LogP contribution in [0.15, 0.2) is 77.7 Å². The second-order valence-corrected chi connectivity index (χ2v) is 8.37. The summed E-state index contributed by atoms with van der Waals surface area (Å²) in [7, 11) is 0. The zero-order valence-corrected chi connectivity index (χ0v) is 17.9. The van der Waals surface area contributed by atoms with Crippen molar-refractivity contribution >= 4 is 46.2 Å². The van der Waals surface area contributed by atoms with Crippen LogP contribution in [0, 0.1) is 0 Å². The van der Waals surface area contributed by atoms with Gasteiger partial charge in [0.1, 0.15) is 10.9 Å². The predicted octanol–water partition coefficient (Wildman–Crippen LogP) is 3.16. The molecule has 1 saturated heterocycles. The summed E-state index contributed by atoms with van der Waals surface area (Å²) >= 11 is 6.45. The zero-order chi connectivity index (χ0) is 21.3. The van der Waals surface area contributed by atoms with E-state index in [0.717, 1.165) is 11.1 Å². The Balaban J connectivity index is 1.57. The van der Waals surface area contributed by atoms with Crippen LogP contribution in [0.2, 0.25) is 0 Å². The van der Waals surface area contributed by atoms with Crippen LogP contribution >= 0.6 is 24.0 Å². The Morgan fingerprint density at radius 1 is 1.13 bits per heavy atom. The zero-order valence-electron chi connectivity index (χ0n) is 16.2. The summed E-state index contributed by atoms with van der Waals surface area (Å²) in [6, 6.07) is 18.9. The first-order chi connectivity index (χ1) is 14.6. The minimum absolute atomic E-state index is 0.171. The summed E-state index contributed by atoms with van der Waals surface area (Å²) in [5, 5.41) is 12.4. The van der Waals surface area contributed by atoms with Crippen LogP contribution in [0.4, 0.5) is 0 Å². The minimum Gasteiger partial charge on any atom is -0.394 e. The van der Waals surface area contributed by atoms with Gasteiger partial charge in [-0.25, -0.2) is 0 Å². The highest BCUT2D eigenvalue weighted by Crippen LogP contribution is 2.30. The number of benzene rings is 2. The molecule has 0 bridgehead atoms. The third kappa shape index (κ3) is 6.13. The first-order valence-corrected chi connectivity index (χ1v) is 10.7. The highest BCUT2D eigenvalue weighted by molar-refractivity contribution is 8.26. The number of amides is 2. The summed E-state index contributed by atoms with van der Waals surface area (Å²) < 4.78 is 0.345. The van der Waals surface area contributed by atoms with Crippen LogP contribution in [-0.2, 0) is 16.0 Å². The number of hydrogen-bond acceptors (Lipinski definition) is 5. The number of rotatable bonds is 8. The maximum absolute atomic E-state index is 12.6. The van der Waals surface area contributed by atoms with Gasteiger partial charge in [0.05, 0.1) is 17.6 Å². The predicted molar refractivity (Wildman–Crippen MR) is 125 cm³/mol. The number of carbonyl (C=O) groups is 2. The number of hydrogen-bond donors (Lipinski definition) is 2. The van der Waals surface area contributed by atoms with Gasteiger partial charge < -0.3 is 10.4 Å². The molecule has 7 heteroatoms. The van der Waals surface area contributed by atoms with E-state index in [9.17, 15) is 14.7 Å². The van der Waals surface area contributed by atoms with E-state index >= 15 is 0 Å². The highest BCUT2D eigenvalue weighted by atomic mass is 32.2. The van der Waals surface area contributed by atoms with Crippen LogP contribution in [0.1, 0.15) is 11.1 Å². The van der Waals surface area contributed by atoms with Crippen molar-refractivity contribution in [2.24, 2.45) is 0 Å². The molecule has 0 spiro atoms. The number of aliphatic hydroxyl groups is 1. The molecule has 1 heterocycles. The average Bonchev–Trinajstić information content (AvgIpc) is 3.02. The summed E-state index contributed by atoms with van der Waals surface area (Å²) in [5.41, 5.74) is 2.03. The smallest absolute Gasteiger partial charge is 0.266 e. The van der Waals surface area contributed by atoms with Gasteiger partial charge in [0.2, 0.25) is 5.91 Å². The molecule has 154 valence electrons. The van der Waals surface area contributed by atoms with E-state index in [1.54, 1.807) is 12.2 Å². The molecule has 0 aromatic heterocycles. The molecular weight excluding hydrogens is 416 g/mol. The van der Waals surface area contributed by atoms with E-state index in [0.29, 0.717) is 15.6 Å². The number of thiocarbonyl (C=S) groups is 1. The average molecular weight is 439 g/mol. The molecule has 1 aliphatic rings. The number of nitrogens with zero attached hydrogens (tertiary/aromatic N) is 1. The molecule has 5 nitrogen and oxygen atoms in total. The molecule has 2 N–H and O–H groups in total. The van der Waals surface area contributed by atoms with E-state index in [2.05, 4.69) is 5.32 Å². The highest BCUT2D eigenvalue weighted by Gasteiger charge is 2.33. The number of thioether (sulfide) groups is 1. The second kappa shape index (κ2) is 10.9. The van der Waals surface area contributed by atoms with Crippen LogP contribution in [0.3, 0.4) is 0 Å². The van der Waals surface area contributed by atoms with Gasteiger partial charge in [-0.05, 0) is 23.6 Å². The molecule has 1 unspecified atom stereocenters. The van der Waals surface area contributed by atoms with E-state index in [1.807, 2.05) is 66.7 Å². The van der Waals surface area contributed by atoms with Crippen molar-refractivity contribution in [3.63, 3.8) is 0 Å². The normalized spacial score (nSPS) is 16.4. The molecule has 30 heavy (non-hydrogen) atoms. The second-order valence-electron chi connectivity index (χ2n) is 6.70. The van der Waals surface area contributed by atoms with Gasteiger partial charge in [0, 0.05) is 0 Å². The lowest BCUT2D eigenvalue weighted by Crippen LogP contribution is -2.45. The van der Waals surface area contributed by atoms with Gasteiger partial charge in [-0.1, -0.05) is 96.8 Å². The lowest BCUT2D eigenvalue weighted by atomic mass is 10.1. The fourth-order valence-electron chi connectivity index (χ4n) is 2.94. The number of nitrogens with one attached hydrogen (secondary N) is 1. The third-order valence-corrected chi connectivity index (χ3v) is 5.82. The number of aliphatic hydroxyl groups excluding tert-OH is 1. The molecule has 3 rings (SSSR count). The van der Waals surface area contributed by atoms with Crippen molar-refractivity contribution in [1.82, 2.24) is 10.2 Å². The van der Waals surface area contributed by atoms with Crippen molar-refractivity contribution in [2.45, 2.75) is 12.5 Å². The Bertz CT molecular complexity index is 959. The molecule has 0 radical (unpaired) electrons. The molecular formula is C23H22N2O3S2. The molecule has 1 atom stereocenters. The monoisotopic (exact) mass is 438 g/mol. The Morgan fingerprint density at radius 3 is 2.47 bits per heavy atom. The molecule has 0 saturated carbocycles. The fourth-order valence-corrected chi connectivity index (χ4v) is 4.14. The molecule has 0 aliphatic carbocycles. The standard InChI is InChI=1S/C23H22N2O3S2/c26-16-19(14-18-10-5-2-6-11-18)24-21(27)15-25-22(28)20(30-23(25)29)13-7-12-17-8-3-1-4-9-17/h1-13,19,26H,14-16H2,(H,24,27)/b12-7+,20-13-. The first-order valence-electron chi connectivity index (χ1n) is 9.48. The topological polar surface area (TPSA) is 69.6 Å². The molecule has 2 aromatic carbocycles. The largest absolute Gasteiger partial charge is 0.394 e. The third-order valence-electron chi connectivity index (χ3n) is 4.42. The summed E-state index contributed by atoms with van der Waals surface area (Å²) in [5.74, 6) is -0.649. The number of carbonyl (C=O) groups excluding carboxylic acids is 2. The lowest BCUT2D eigenvalue weighted by Gasteiger charge is -2.19.